The first-order valence-corrected chi connectivity index (χ1v) is 5.22. The molecule has 0 aliphatic rings. The molecule has 0 spiro atoms. The quantitative estimate of drug-likeness (QED) is 0.832. The number of rotatable bonds is 2. The number of hydrogen-bond donors (Lipinski definition) is 1. The molecule has 1 aromatic heterocycles. The van der Waals surface area contributed by atoms with Gasteiger partial charge >= 0.3 is 0 Å². The number of nitrogens with zero attached hydrogens (tertiary/aromatic N) is 1. The Bertz CT molecular complexity index is 545. The summed E-state index contributed by atoms with van der Waals surface area (Å²) in [5.41, 5.74) is 0.619. The maximum atomic E-state index is 12.9. The van der Waals surface area contributed by atoms with Gasteiger partial charge in [-0.25, -0.2) is 9.37 Å². The zero-order chi connectivity index (χ0) is 12.3. The molecule has 1 N–H and O–H groups in total. The molecule has 1 amide bonds. The molecule has 0 aliphatic carbocycles. The van der Waals surface area contributed by atoms with Crippen LogP contribution in [-0.4, -0.2) is 10.9 Å². The Morgan fingerprint density at radius 1 is 1.29 bits per heavy atom. The molecule has 0 atom stereocenters. The van der Waals surface area contributed by atoms with Crippen LogP contribution in [0.5, 0.6) is 0 Å². The molecule has 3 nitrogen and oxygen atoms in total. The number of carbonyl (C=O) groups excluding carboxylic acids is 1. The number of hydrogen-bond acceptors (Lipinski definition) is 2. The second-order valence-corrected chi connectivity index (χ2v) is 3.67. The van der Waals surface area contributed by atoms with Crippen LogP contribution in [0.15, 0.2) is 42.6 Å². The van der Waals surface area contributed by atoms with Crippen molar-refractivity contribution in [2.45, 2.75) is 0 Å². The van der Waals surface area contributed by atoms with E-state index in [9.17, 15) is 9.18 Å². The highest BCUT2D eigenvalue weighted by atomic mass is 35.5. The van der Waals surface area contributed by atoms with Crippen LogP contribution in [0.2, 0.25) is 5.15 Å². The minimum atomic E-state index is -0.604. The molecular weight excluding hydrogens is 243 g/mol. The van der Waals surface area contributed by atoms with Crippen molar-refractivity contribution in [1.29, 1.82) is 0 Å². The Morgan fingerprint density at radius 2 is 2.00 bits per heavy atom. The maximum absolute atomic E-state index is 12.9. The number of nitrogens with one attached hydrogen (secondary N) is 1. The smallest absolute Gasteiger partial charge is 0.258 e. The molecule has 0 unspecified atom stereocenters. The topological polar surface area (TPSA) is 42.0 Å². The molecule has 1 heterocycles. The number of carbonyl (C=O) groups is 1. The predicted molar refractivity (Wildman–Crippen MR) is 63.6 cm³/mol. The van der Waals surface area contributed by atoms with E-state index in [1.165, 1.54) is 0 Å². The Labute approximate surface area is 102 Å². The van der Waals surface area contributed by atoms with Crippen molar-refractivity contribution in [3.63, 3.8) is 0 Å². The van der Waals surface area contributed by atoms with Crippen molar-refractivity contribution >= 4 is 23.2 Å². The average molecular weight is 251 g/mol. The Kier molecular flexibility index (Phi) is 3.35. The van der Waals surface area contributed by atoms with Crippen LogP contribution in [0.3, 0.4) is 0 Å². The molecule has 0 fully saturated rings. The Hall–Kier alpha value is -1.94. The number of halogens is 2. The van der Waals surface area contributed by atoms with Gasteiger partial charge in [0, 0.05) is 5.69 Å². The number of anilines is 1. The third-order valence-corrected chi connectivity index (χ3v) is 2.38. The molecule has 0 aliphatic heterocycles. The van der Waals surface area contributed by atoms with Crippen molar-refractivity contribution in [2.24, 2.45) is 0 Å². The lowest BCUT2D eigenvalue weighted by Gasteiger charge is -2.05. The van der Waals surface area contributed by atoms with E-state index in [1.54, 1.807) is 24.3 Å². The summed E-state index contributed by atoms with van der Waals surface area (Å²) in [6, 6.07) is 9.87. The van der Waals surface area contributed by atoms with Gasteiger partial charge in [-0.1, -0.05) is 29.8 Å². The summed E-state index contributed by atoms with van der Waals surface area (Å²) in [5.74, 6) is -1.10. The molecule has 5 heteroatoms. The van der Waals surface area contributed by atoms with Crippen molar-refractivity contribution in [2.75, 3.05) is 5.32 Å². The number of para-hydroxylation sites is 1. The fourth-order valence-corrected chi connectivity index (χ4v) is 1.49. The number of amides is 1. The fourth-order valence-electron chi connectivity index (χ4n) is 1.30. The van der Waals surface area contributed by atoms with Gasteiger partial charge in [-0.2, -0.15) is 0 Å². The van der Waals surface area contributed by atoms with E-state index >= 15 is 0 Å². The highest BCUT2D eigenvalue weighted by Crippen LogP contribution is 2.16. The van der Waals surface area contributed by atoms with Gasteiger partial charge in [0.15, 0.2) is 0 Å². The molecular formula is C12H8ClFN2O. The second kappa shape index (κ2) is 4.93. The third kappa shape index (κ3) is 2.79. The number of aromatic nitrogens is 1. The standard InChI is InChI=1S/C12H8ClFN2O/c13-11-10(6-8(14)7-15-11)12(17)16-9-4-2-1-3-5-9/h1-7H,(H,16,17). The van der Waals surface area contributed by atoms with E-state index in [4.69, 9.17) is 11.6 Å². The van der Waals surface area contributed by atoms with E-state index < -0.39 is 11.7 Å². The zero-order valence-electron chi connectivity index (χ0n) is 8.65. The zero-order valence-corrected chi connectivity index (χ0v) is 9.41. The van der Waals surface area contributed by atoms with Gasteiger partial charge in [0.25, 0.3) is 5.91 Å². The van der Waals surface area contributed by atoms with Crippen molar-refractivity contribution in [3.8, 4) is 0 Å². The summed E-state index contributed by atoms with van der Waals surface area (Å²) < 4.78 is 12.9. The van der Waals surface area contributed by atoms with Crippen LogP contribution < -0.4 is 5.32 Å². The average Bonchev–Trinajstić information content (AvgIpc) is 2.33. The lowest BCUT2D eigenvalue weighted by Crippen LogP contribution is -2.13. The minimum Gasteiger partial charge on any atom is -0.322 e. The summed E-state index contributed by atoms with van der Waals surface area (Å²) >= 11 is 5.72. The molecule has 2 rings (SSSR count). The summed E-state index contributed by atoms with van der Waals surface area (Å²) in [7, 11) is 0. The van der Waals surface area contributed by atoms with E-state index in [0.29, 0.717) is 5.69 Å². The lowest BCUT2D eigenvalue weighted by atomic mass is 10.2. The molecule has 1 aromatic carbocycles. The van der Waals surface area contributed by atoms with E-state index in [-0.39, 0.29) is 10.7 Å². The highest BCUT2D eigenvalue weighted by molar-refractivity contribution is 6.33. The van der Waals surface area contributed by atoms with Gasteiger partial charge in [-0.05, 0) is 18.2 Å². The molecule has 86 valence electrons. The second-order valence-electron chi connectivity index (χ2n) is 3.31. The summed E-state index contributed by atoms with van der Waals surface area (Å²) in [4.78, 5) is 15.4. The monoisotopic (exact) mass is 250 g/mol. The van der Waals surface area contributed by atoms with E-state index in [2.05, 4.69) is 10.3 Å². The van der Waals surface area contributed by atoms with Gasteiger partial charge in [-0.3, -0.25) is 4.79 Å². The first kappa shape index (κ1) is 11.5. The van der Waals surface area contributed by atoms with E-state index in [0.717, 1.165) is 12.3 Å². The lowest BCUT2D eigenvalue weighted by molar-refractivity contribution is 0.102. The van der Waals surface area contributed by atoms with Gasteiger partial charge in [-0.15, -0.1) is 0 Å². The molecule has 17 heavy (non-hydrogen) atoms. The van der Waals surface area contributed by atoms with Gasteiger partial charge in [0.05, 0.1) is 11.8 Å². The van der Waals surface area contributed by atoms with Crippen molar-refractivity contribution in [3.05, 3.63) is 59.1 Å². The van der Waals surface area contributed by atoms with Crippen LogP contribution >= 0.6 is 11.6 Å². The number of pyridine rings is 1. The van der Waals surface area contributed by atoms with E-state index in [1.807, 2.05) is 6.07 Å². The minimum absolute atomic E-state index is 0.00974. The van der Waals surface area contributed by atoms with Crippen LogP contribution in [0.25, 0.3) is 0 Å². The molecule has 0 bridgehead atoms. The van der Waals surface area contributed by atoms with Crippen LogP contribution in [0.1, 0.15) is 10.4 Å². The van der Waals surface area contributed by atoms with Gasteiger partial charge in [0.1, 0.15) is 11.0 Å². The Morgan fingerprint density at radius 3 is 2.71 bits per heavy atom. The van der Waals surface area contributed by atoms with Gasteiger partial charge < -0.3 is 5.32 Å². The van der Waals surface area contributed by atoms with Crippen LogP contribution in [0, 0.1) is 5.82 Å². The first-order valence-electron chi connectivity index (χ1n) is 4.84. The first-order chi connectivity index (χ1) is 8.16. The molecule has 0 radical (unpaired) electrons. The highest BCUT2D eigenvalue weighted by Gasteiger charge is 2.12. The maximum Gasteiger partial charge on any atom is 0.258 e. The van der Waals surface area contributed by atoms with Gasteiger partial charge in [0.2, 0.25) is 0 Å². The third-order valence-electron chi connectivity index (χ3n) is 2.08. The number of benzene rings is 1. The SMILES string of the molecule is O=C(Nc1ccccc1)c1cc(F)cnc1Cl. The molecule has 2 aromatic rings. The Balaban J connectivity index is 2.23. The van der Waals surface area contributed by atoms with Crippen molar-refractivity contribution < 1.29 is 9.18 Å². The summed E-state index contributed by atoms with van der Waals surface area (Å²) in [6.07, 6.45) is 0.960. The summed E-state index contributed by atoms with van der Waals surface area (Å²) in [6.45, 7) is 0. The van der Waals surface area contributed by atoms with Crippen molar-refractivity contribution in [1.82, 2.24) is 4.98 Å². The predicted octanol–water partition coefficient (Wildman–Crippen LogP) is 3.13. The largest absolute Gasteiger partial charge is 0.322 e. The fraction of sp³-hybridized carbons (Fsp3) is 0. The summed E-state index contributed by atoms with van der Waals surface area (Å²) in [5, 5.41) is 2.57. The van der Waals surface area contributed by atoms with Crippen LogP contribution in [-0.2, 0) is 0 Å². The molecule has 0 saturated heterocycles. The normalized spacial score (nSPS) is 10.0. The van der Waals surface area contributed by atoms with Crippen LogP contribution in [0.4, 0.5) is 10.1 Å². The molecule has 0 saturated carbocycles.